The van der Waals surface area contributed by atoms with Crippen LogP contribution in [0.3, 0.4) is 0 Å². The molecule has 0 saturated heterocycles. The van der Waals surface area contributed by atoms with Gasteiger partial charge in [-0.3, -0.25) is 8.78 Å². The molecule has 2 aromatic rings. The fourth-order valence-electron chi connectivity index (χ4n) is 1.50. The maximum absolute atomic E-state index is 11.5. The lowest BCUT2D eigenvalue weighted by molar-refractivity contribution is 0.415. The van der Waals surface area contributed by atoms with Crippen LogP contribution in [0, 0.1) is 0 Å². The molecule has 0 bridgehead atoms. The summed E-state index contributed by atoms with van der Waals surface area (Å²) >= 11 is 6.15. The van der Waals surface area contributed by atoms with Gasteiger partial charge in [0.05, 0.1) is 28.6 Å². The van der Waals surface area contributed by atoms with Crippen molar-refractivity contribution in [3.63, 3.8) is 0 Å². The van der Waals surface area contributed by atoms with E-state index in [1.807, 2.05) is 0 Å². The number of benzene rings is 1. The Balaban J connectivity index is 2.53. The van der Waals surface area contributed by atoms with Gasteiger partial charge in [-0.15, -0.1) is 0 Å². The standard InChI is InChI=1S/C11H11ClN2O2S/c1-16-8-3-4-10(9(12)7-8)14-6-5-13-11(14)17(2)15/h3-7H,1-2H3. The number of hydrogen-bond acceptors (Lipinski definition) is 3. The zero-order valence-corrected chi connectivity index (χ0v) is 11.0. The van der Waals surface area contributed by atoms with E-state index in [-0.39, 0.29) is 0 Å². The van der Waals surface area contributed by atoms with Gasteiger partial charge >= 0.3 is 0 Å². The van der Waals surface area contributed by atoms with E-state index < -0.39 is 10.8 Å². The third-order valence-corrected chi connectivity index (χ3v) is 3.40. The largest absolute Gasteiger partial charge is 0.497 e. The van der Waals surface area contributed by atoms with Crippen LogP contribution < -0.4 is 4.74 Å². The van der Waals surface area contributed by atoms with Gasteiger partial charge < -0.3 is 4.74 Å². The maximum Gasteiger partial charge on any atom is 0.203 e. The molecule has 1 heterocycles. The van der Waals surface area contributed by atoms with Crippen molar-refractivity contribution in [2.24, 2.45) is 0 Å². The Kier molecular flexibility index (Phi) is 3.49. The van der Waals surface area contributed by atoms with Gasteiger partial charge in [0.1, 0.15) is 5.75 Å². The molecule has 1 unspecified atom stereocenters. The monoisotopic (exact) mass is 270 g/mol. The van der Waals surface area contributed by atoms with Crippen molar-refractivity contribution < 1.29 is 8.95 Å². The smallest absolute Gasteiger partial charge is 0.203 e. The van der Waals surface area contributed by atoms with Crippen molar-refractivity contribution in [2.45, 2.75) is 5.16 Å². The SMILES string of the molecule is COc1ccc(-n2ccnc2S(C)=O)c(Cl)c1. The Labute approximate surface area is 107 Å². The molecule has 0 N–H and O–H groups in total. The minimum Gasteiger partial charge on any atom is -0.497 e. The van der Waals surface area contributed by atoms with Crippen LogP contribution in [-0.2, 0) is 10.8 Å². The second-order valence-corrected chi connectivity index (χ2v) is 5.03. The number of methoxy groups -OCH3 is 1. The second-order valence-electron chi connectivity index (χ2n) is 3.35. The molecule has 0 radical (unpaired) electrons. The molecule has 0 saturated carbocycles. The molecule has 0 aliphatic heterocycles. The van der Waals surface area contributed by atoms with E-state index in [4.69, 9.17) is 16.3 Å². The van der Waals surface area contributed by atoms with Crippen LogP contribution in [0.5, 0.6) is 5.75 Å². The maximum atomic E-state index is 11.5. The van der Waals surface area contributed by atoms with Crippen LogP contribution in [0.25, 0.3) is 5.69 Å². The van der Waals surface area contributed by atoms with Gasteiger partial charge in [-0.25, -0.2) is 4.98 Å². The summed E-state index contributed by atoms with van der Waals surface area (Å²) in [5.41, 5.74) is 0.732. The Morgan fingerprint density at radius 2 is 2.24 bits per heavy atom. The van der Waals surface area contributed by atoms with Crippen molar-refractivity contribution >= 4 is 22.4 Å². The zero-order chi connectivity index (χ0) is 12.4. The Bertz CT molecular complexity index is 568. The quantitative estimate of drug-likeness (QED) is 0.859. The third kappa shape index (κ3) is 2.35. The van der Waals surface area contributed by atoms with Gasteiger partial charge in [0.25, 0.3) is 0 Å². The first kappa shape index (κ1) is 12.1. The summed E-state index contributed by atoms with van der Waals surface area (Å²) in [6.07, 6.45) is 4.90. The lowest BCUT2D eigenvalue weighted by Gasteiger charge is -2.09. The third-order valence-electron chi connectivity index (χ3n) is 2.28. The fraction of sp³-hybridized carbons (Fsp3) is 0.182. The zero-order valence-electron chi connectivity index (χ0n) is 9.38. The lowest BCUT2D eigenvalue weighted by atomic mass is 10.3. The van der Waals surface area contributed by atoms with E-state index in [2.05, 4.69) is 4.98 Å². The molecule has 1 atom stereocenters. The van der Waals surface area contributed by atoms with E-state index in [1.54, 1.807) is 48.5 Å². The summed E-state index contributed by atoms with van der Waals surface area (Å²) in [4.78, 5) is 4.05. The van der Waals surface area contributed by atoms with Crippen LogP contribution in [0.15, 0.2) is 35.7 Å². The Morgan fingerprint density at radius 3 is 2.82 bits per heavy atom. The lowest BCUT2D eigenvalue weighted by Crippen LogP contribution is -2.02. The molecule has 4 nitrogen and oxygen atoms in total. The summed E-state index contributed by atoms with van der Waals surface area (Å²) in [7, 11) is 0.415. The van der Waals surface area contributed by atoms with Gasteiger partial charge in [-0.2, -0.15) is 0 Å². The minimum absolute atomic E-state index is 0.470. The molecule has 17 heavy (non-hydrogen) atoms. The molecule has 2 rings (SSSR count). The van der Waals surface area contributed by atoms with E-state index in [0.29, 0.717) is 15.9 Å². The topological polar surface area (TPSA) is 44.1 Å². The van der Waals surface area contributed by atoms with Crippen molar-refractivity contribution in [1.29, 1.82) is 0 Å². The molecule has 1 aromatic carbocycles. The van der Waals surface area contributed by atoms with Crippen molar-refractivity contribution in [3.8, 4) is 11.4 Å². The van der Waals surface area contributed by atoms with Gasteiger partial charge in [0.2, 0.25) is 5.16 Å². The predicted octanol–water partition coefficient (Wildman–Crippen LogP) is 2.27. The molecular weight excluding hydrogens is 260 g/mol. The number of aromatic nitrogens is 2. The van der Waals surface area contributed by atoms with Crippen molar-refractivity contribution in [3.05, 3.63) is 35.6 Å². The first-order chi connectivity index (χ1) is 8.13. The average Bonchev–Trinajstić information content (AvgIpc) is 2.77. The molecule has 0 spiro atoms. The molecule has 0 aliphatic rings. The molecule has 0 fully saturated rings. The average molecular weight is 271 g/mol. The number of rotatable bonds is 3. The number of nitrogens with zero attached hydrogens (tertiary/aromatic N) is 2. The van der Waals surface area contributed by atoms with Gasteiger partial charge in [0, 0.05) is 24.7 Å². The number of ether oxygens (including phenoxy) is 1. The number of hydrogen-bond donors (Lipinski definition) is 0. The Morgan fingerprint density at radius 1 is 1.47 bits per heavy atom. The number of imidazole rings is 1. The molecule has 6 heteroatoms. The predicted molar refractivity (Wildman–Crippen MR) is 67.5 cm³/mol. The first-order valence-corrected chi connectivity index (χ1v) is 6.78. The van der Waals surface area contributed by atoms with Crippen molar-refractivity contribution in [1.82, 2.24) is 9.55 Å². The highest BCUT2D eigenvalue weighted by Gasteiger charge is 2.11. The molecule has 0 amide bonds. The van der Waals surface area contributed by atoms with Crippen LogP contribution in [0.1, 0.15) is 0 Å². The van der Waals surface area contributed by atoms with E-state index >= 15 is 0 Å². The van der Waals surface area contributed by atoms with Crippen LogP contribution >= 0.6 is 11.6 Å². The fourth-order valence-corrected chi connectivity index (χ4v) is 2.40. The van der Waals surface area contributed by atoms with Crippen LogP contribution in [-0.4, -0.2) is 27.1 Å². The van der Waals surface area contributed by atoms with Gasteiger partial charge in [0.15, 0.2) is 0 Å². The normalized spacial score (nSPS) is 12.4. The van der Waals surface area contributed by atoms with Crippen LogP contribution in [0.4, 0.5) is 0 Å². The molecule has 90 valence electrons. The summed E-state index contributed by atoms with van der Waals surface area (Å²) in [6, 6.07) is 5.31. The van der Waals surface area contributed by atoms with Gasteiger partial charge in [-0.1, -0.05) is 11.6 Å². The second kappa shape index (κ2) is 4.89. The van der Waals surface area contributed by atoms with E-state index in [1.165, 1.54) is 0 Å². The summed E-state index contributed by atoms with van der Waals surface area (Å²) in [5.74, 6) is 0.679. The first-order valence-electron chi connectivity index (χ1n) is 4.84. The summed E-state index contributed by atoms with van der Waals surface area (Å²) in [5, 5.41) is 0.992. The minimum atomic E-state index is -1.16. The number of halogens is 1. The molecule has 0 aliphatic carbocycles. The van der Waals surface area contributed by atoms with Crippen molar-refractivity contribution in [2.75, 3.05) is 13.4 Å². The summed E-state index contributed by atoms with van der Waals surface area (Å²) in [6.45, 7) is 0. The van der Waals surface area contributed by atoms with E-state index in [0.717, 1.165) is 5.69 Å². The molecular formula is C11H11ClN2O2S. The van der Waals surface area contributed by atoms with Gasteiger partial charge in [-0.05, 0) is 12.1 Å². The Hall–Kier alpha value is -1.33. The van der Waals surface area contributed by atoms with Crippen LogP contribution in [0.2, 0.25) is 5.02 Å². The highest BCUT2D eigenvalue weighted by Crippen LogP contribution is 2.26. The highest BCUT2D eigenvalue weighted by atomic mass is 35.5. The summed E-state index contributed by atoms with van der Waals surface area (Å²) < 4.78 is 18.3. The highest BCUT2D eigenvalue weighted by molar-refractivity contribution is 7.84. The van der Waals surface area contributed by atoms with E-state index in [9.17, 15) is 4.21 Å². The molecule has 1 aromatic heterocycles.